The molecular formula is C24H27N5O. The Kier molecular flexibility index (Phi) is 4.31. The van der Waals surface area contributed by atoms with Crippen LogP contribution in [0.3, 0.4) is 0 Å². The number of hydrogen-bond donors (Lipinski definition) is 3. The van der Waals surface area contributed by atoms with Crippen LogP contribution in [0.4, 0.5) is 0 Å². The number of H-pyrrole nitrogens is 2. The van der Waals surface area contributed by atoms with E-state index in [1.807, 2.05) is 48.1 Å². The van der Waals surface area contributed by atoms with Crippen LogP contribution >= 0.6 is 0 Å². The number of carbonyl (C=O) groups is 1. The Morgan fingerprint density at radius 2 is 2.13 bits per heavy atom. The molecular weight excluding hydrogens is 374 g/mol. The molecule has 3 aromatic heterocycles. The molecule has 3 heterocycles. The predicted octanol–water partition coefficient (Wildman–Crippen LogP) is 4.34. The van der Waals surface area contributed by atoms with E-state index in [9.17, 15) is 4.79 Å². The van der Waals surface area contributed by atoms with Gasteiger partial charge in [0.25, 0.3) is 5.91 Å². The average Bonchev–Trinajstić information content (AvgIpc) is 3.41. The van der Waals surface area contributed by atoms with Crippen LogP contribution in [0.15, 0.2) is 42.6 Å². The highest BCUT2D eigenvalue weighted by Crippen LogP contribution is 2.38. The van der Waals surface area contributed by atoms with Gasteiger partial charge in [-0.15, -0.1) is 0 Å². The van der Waals surface area contributed by atoms with Crippen molar-refractivity contribution in [3.8, 4) is 11.4 Å². The molecule has 0 unspecified atom stereocenters. The third-order valence-corrected chi connectivity index (χ3v) is 6.28. The van der Waals surface area contributed by atoms with E-state index in [-0.39, 0.29) is 5.91 Å². The van der Waals surface area contributed by atoms with Crippen molar-refractivity contribution in [2.45, 2.75) is 39.7 Å². The van der Waals surface area contributed by atoms with Crippen LogP contribution < -0.4 is 5.32 Å². The summed E-state index contributed by atoms with van der Waals surface area (Å²) in [5.74, 6) is -0.0692. The lowest BCUT2D eigenvalue weighted by molar-refractivity contribution is 0.0950. The molecule has 3 N–H and O–H groups in total. The predicted molar refractivity (Wildman–Crippen MR) is 118 cm³/mol. The van der Waals surface area contributed by atoms with E-state index in [0.29, 0.717) is 17.5 Å². The number of aryl methyl sites for hydroxylation is 1. The fourth-order valence-electron chi connectivity index (χ4n) is 4.42. The lowest BCUT2D eigenvalue weighted by Crippen LogP contribution is -2.23. The number of fused-ring (bicyclic) bond motifs is 2. The summed E-state index contributed by atoms with van der Waals surface area (Å²) in [6.45, 7) is 5.13. The minimum atomic E-state index is -0.0692. The molecule has 6 nitrogen and oxygen atoms in total. The molecule has 154 valence electrons. The summed E-state index contributed by atoms with van der Waals surface area (Å²) < 4.78 is 2.01. The average molecular weight is 402 g/mol. The summed E-state index contributed by atoms with van der Waals surface area (Å²) in [6.07, 6.45) is 5.21. The van der Waals surface area contributed by atoms with E-state index in [1.54, 1.807) is 0 Å². The Hall–Kier alpha value is -3.28. The zero-order chi connectivity index (χ0) is 20.9. The minimum absolute atomic E-state index is 0.0692. The first kappa shape index (κ1) is 18.7. The number of nitrogens with zero attached hydrogens (tertiary/aromatic N) is 2. The molecule has 6 heteroatoms. The number of aromatic nitrogens is 4. The molecule has 0 saturated heterocycles. The molecule has 1 aromatic carbocycles. The Labute approximate surface area is 175 Å². The van der Waals surface area contributed by atoms with Gasteiger partial charge in [0, 0.05) is 46.7 Å². The maximum absolute atomic E-state index is 12.6. The van der Waals surface area contributed by atoms with E-state index >= 15 is 0 Å². The van der Waals surface area contributed by atoms with Crippen LogP contribution in [0.25, 0.3) is 22.3 Å². The molecule has 4 aromatic rings. The largest absolute Gasteiger partial charge is 0.353 e. The number of hydrogen-bond acceptors (Lipinski definition) is 2. The van der Waals surface area contributed by atoms with E-state index in [2.05, 4.69) is 40.4 Å². The summed E-state index contributed by atoms with van der Waals surface area (Å²) in [5, 5.41) is 11.9. The highest BCUT2D eigenvalue weighted by atomic mass is 16.1. The Balaban J connectivity index is 1.39. The first-order valence-electron chi connectivity index (χ1n) is 10.5. The van der Waals surface area contributed by atoms with Crippen molar-refractivity contribution in [2.75, 3.05) is 0 Å². The molecule has 1 aliphatic carbocycles. The molecule has 0 radical (unpaired) electrons. The van der Waals surface area contributed by atoms with Crippen LogP contribution in [0.5, 0.6) is 0 Å². The van der Waals surface area contributed by atoms with Gasteiger partial charge < -0.3 is 14.9 Å². The number of benzene rings is 1. The maximum atomic E-state index is 12.6. The maximum Gasteiger partial charge on any atom is 0.251 e. The van der Waals surface area contributed by atoms with Crippen molar-refractivity contribution in [3.05, 3.63) is 65.1 Å². The van der Waals surface area contributed by atoms with Gasteiger partial charge in [-0.25, -0.2) is 0 Å². The molecule has 0 fully saturated rings. The van der Waals surface area contributed by atoms with Gasteiger partial charge in [0.2, 0.25) is 0 Å². The monoisotopic (exact) mass is 401 g/mol. The van der Waals surface area contributed by atoms with Gasteiger partial charge in [0.05, 0.1) is 12.2 Å². The van der Waals surface area contributed by atoms with Crippen molar-refractivity contribution >= 4 is 16.8 Å². The van der Waals surface area contributed by atoms with Gasteiger partial charge in [-0.1, -0.05) is 13.8 Å². The molecule has 5 rings (SSSR count). The SMILES string of the molecule is Cn1cccc1CNC(=O)c1ccc2[nH]c(-c3n[nH]c4c3CCC(C)(C)C4)cc2c1. The second-order valence-electron chi connectivity index (χ2n) is 9.15. The topological polar surface area (TPSA) is 78.5 Å². The summed E-state index contributed by atoms with van der Waals surface area (Å²) >= 11 is 0. The fourth-order valence-corrected chi connectivity index (χ4v) is 4.42. The number of nitrogens with one attached hydrogen (secondary N) is 3. The van der Waals surface area contributed by atoms with Gasteiger partial charge in [-0.2, -0.15) is 5.10 Å². The van der Waals surface area contributed by atoms with Crippen LogP contribution in [-0.4, -0.2) is 25.7 Å². The zero-order valence-electron chi connectivity index (χ0n) is 17.7. The molecule has 0 bridgehead atoms. The highest BCUT2D eigenvalue weighted by Gasteiger charge is 2.29. The Bertz CT molecular complexity index is 1240. The van der Waals surface area contributed by atoms with Crippen molar-refractivity contribution in [2.24, 2.45) is 12.5 Å². The second kappa shape index (κ2) is 6.90. The third kappa shape index (κ3) is 3.32. The Morgan fingerprint density at radius 3 is 2.93 bits per heavy atom. The van der Waals surface area contributed by atoms with E-state index in [1.165, 1.54) is 11.3 Å². The van der Waals surface area contributed by atoms with Crippen molar-refractivity contribution in [1.82, 2.24) is 25.1 Å². The van der Waals surface area contributed by atoms with Crippen molar-refractivity contribution in [1.29, 1.82) is 0 Å². The van der Waals surface area contributed by atoms with Crippen LogP contribution in [0.1, 0.15) is 47.6 Å². The van der Waals surface area contributed by atoms with Crippen LogP contribution in [-0.2, 0) is 26.4 Å². The number of aromatic amines is 2. The lowest BCUT2D eigenvalue weighted by Gasteiger charge is -2.28. The van der Waals surface area contributed by atoms with E-state index < -0.39 is 0 Å². The first-order chi connectivity index (χ1) is 14.4. The van der Waals surface area contributed by atoms with Crippen LogP contribution in [0.2, 0.25) is 0 Å². The molecule has 0 atom stereocenters. The standard InChI is InChI=1S/C24H27N5O/c1-24(2)9-8-18-21(13-24)27-28-22(18)20-12-16-11-15(6-7-19(16)26-20)23(30)25-14-17-5-4-10-29(17)3/h4-7,10-12,26H,8-9,13-14H2,1-3H3,(H,25,30)(H,27,28). The normalized spacial score (nSPS) is 15.3. The fraction of sp³-hybridized carbons (Fsp3) is 0.333. The number of amides is 1. The van der Waals surface area contributed by atoms with Gasteiger partial charge >= 0.3 is 0 Å². The first-order valence-corrected chi connectivity index (χ1v) is 10.5. The van der Waals surface area contributed by atoms with Gasteiger partial charge in [0.15, 0.2) is 0 Å². The van der Waals surface area contributed by atoms with Gasteiger partial charge in [-0.05, 0) is 61.1 Å². The number of carbonyl (C=O) groups excluding carboxylic acids is 1. The third-order valence-electron chi connectivity index (χ3n) is 6.28. The summed E-state index contributed by atoms with van der Waals surface area (Å²) in [6, 6.07) is 11.9. The van der Waals surface area contributed by atoms with Gasteiger partial charge in [-0.3, -0.25) is 9.89 Å². The second-order valence-corrected chi connectivity index (χ2v) is 9.15. The quantitative estimate of drug-likeness (QED) is 0.476. The Morgan fingerprint density at radius 1 is 1.27 bits per heavy atom. The molecule has 30 heavy (non-hydrogen) atoms. The molecule has 0 spiro atoms. The number of rotatable bonds is 4. The van der Waals surface area contributed by atoms with Crippen molar-refractivity contribution < 1.29 is 4.79 Å². The summed E-state index contributed by atoms with van der Waals surface area (Å²) in [4.78, 5) is 16.1. The smallest absolute Gasteiger partial charge is 0.251 e. The van der Waals surface area contributed by atoms with Crippen LogP contribution in [0, 0.1) is 5.41 Å². The van der Waals surface area contributed by atoms with Crippen molar-refractivity contribution in [3.63, 3.8) is 0 Å². The molecule has 0 saturated carbocycles. The minimum Gasteiger partial charge on any atom is -0.353 e. The molecule has 0 aliphatic heterocycles. The summed E-state index contributed by atoms with van der Waals surface area (Å²) in [5.41, 5.74) is 7.64. The lowest BCUT2D eigenvalue weighted by atomic mass is 9.76. The highest BCUT2D eigenvalue weighted by molar-refractivity contribution is 5.99. The van der Waals surface area contributed by atoms with E-state index in [4.69, 9.17) is 0 Å². The zero-order valence-corrected chi connectivity index (χ0v) is 17.7. The molecule has 1 amide bonds. The molecule has 1 aliphatic rings. The van der Waals surface area contributed by atoms with E-state index in [0.717, 1.165) is 47.2 Å². The summed E-state index contributed by atoms with van der Waals surface area (Å²) in [7, 11) is 1.98. The van der Waals surface area contributed by atoms with Gasteiger partial charge in [0.1, 0.15) is 5.69 Å².